The molecule has 0 saturated carbocycles. The molecule has 1 aromatic carbocycles. The molecule has 2 aliphatic rings. The first-order chi connectivity index (χ1) is 10.1. The molecule has 3 rings (SSSR count). The fourth-order valence-corrected chi connectivity index (χ4v) is 4.25. The van der Waals surface area contributed by atoms with E-state index in [0.717, 1.165) is 39.1 Å². The maximum atomic E-state index is 6.08. The summed E-state index contributed by atoms with van der Waals surface area (Å²) >= 11 is 3.72. The Bertz CT molecular complexity index is 500. The number of halogens is 1. The molecule has 2 heterocycles. The molecule has 1 spiro atoms. The van der Waals surface area contributed by atoms with Gasteiger partial charge in [-0.25, -0.2) is 0 Å². The lowest BCUT2D eigenvalue weighted by Gasteiger charge is -2.40. The van der Waals surface area contributed by atoms with Gasteiger partial charge in [0.2, 0.25) is 0 Å². The molecule has 21 heavy (non-hydrogen) atoms. The lowest BCUT2D eigenvalue weighted by atomic mass is 9.79. The lowest BCUT2D eigenvalue weighted by Crippen LogP contribution is -2.43. The summed E-state index contributed by atoms with van der Waals surface area (Å²) in [5.41, 5.74) is 2.63. The highest BCUT2D eigenvalue weighted by Crippen LogP contribution is 2.42. The molecule has 1 N–H and O–H groups in total. The molecule has 2 aliphatic heterocycles. The van der Waals surface area contributed by atoms with Crippen LogP contribution in [0.5, 0.6) is 0 Å². The fourth-order valence-electron chi connectivity index (χ4n) is 3.76. The molecule has 1 aromatic rings. The monoisotopic (exact) mass is 353 g/mol. The number of hydrogen-bond donors (Lipinski definition) is 1. The van der Waals surface area contributed by atoms with Crippen LogP contribution in [-0.4, -0.2) is 32.5 Å². The zero-order valence-corrected chi connectivity index (χ0v) is 14.4. The van der Waals surface area contributed by atoms with Crippen molar-refractivity contribution in [2.24, 2.45) is 5.92 Å². The number of hydrogen-bond acceptors (Lipinski definition) is 3. The fraction of sp³-hybridized carbons (Fsp3) is 0.647. The Morgan fingerprint density at radius 3 is 2.95 bits per heavy atom. The van der Waals surface area contributed by atoms with Crippen molar-refractivity contribution in [3.63, 3.8) is 0 Å². The topological polar surface area (TPSA) is 30.5 Å². The normalized spacial score (nSPS) is 30.7. The van der Waals surface area contributed by atoms with E-state index in [4.69, 9.17) is 9.47 Å². The second-order valence-electron chi connectivity index (χ2n) is 6.38. The van der Waals surface area contributed by atoms with Crippen molar-refractivity contribution >= 4 is 15.9 Å². The third-order valence-electron chi connectivity index (χ3n) is 4.87. The maximum Gasteiger partial charge on any atom is 0.0940 e. The predicted molar refractivity (Wildman–Crippen MR) is 87.5 cm³/mol. The summed E-state index contributed by atoms with van der Waals surface area (Å²) in [5, 5.41) is 3.54. The van der Waals surface area contributed by atoms with Crippen molar-refractivity contribution in [3.05, 3.63) is 33.8 Å². The number of nitrogens with one attached hydrogen (secondary N) is 1. The number of rotatable bonds is 3. The van der Waals surface area contributed by atoms with Crippen molar-refractivity contribution < 1.29 is 9.47 Å². The van der Waals surface area contributed by atoms with Crippen LogP contribution in [0.1, 0.15) is 36.4 Å². The minimum absolute atomic E-state index is 0.0334. The van der Waals surface area contributed by atoms with E-state index in [0.29, 0.717) is 12.0 Å². The van der Waals surface area contributed by atoms with Gasteiger partial charge >= 0.3 is 0 Å². The van der Waals surface area contributed by atoms with Crippen molar-refractivity contribution in [2.75, 3.05) is 26.9 Å². The van der Waals surface area contributed by atoms with Crippen molar-refractivity contribution in [1.82, 2.24) is 5.32 Å². The molecule has 0 radical (unpaired) electrons. The Balaban J connectivity index is 1.84. The molecule has 0 bridgehead atoms. The van der Waals surface area contributed by atoms with Crippen LogP contribution in [0.25, 0.3) is 0 Å². The van der Waals surface area contributed by atoms with E-state index in [9.17, 15) is 0 Å². The maximum absolute atomic E-state index is 6.08. The highest BCUT2D eigenvalue weighted by Gasteiger charge is 2.43. The molecule has 4 heteroatoms. The van der Waals surface area contributed by atoms with Gasteiger partial charge in [-0.05, 0) is 44.4 Å². The van der Waals surface area contributed by atoms with Gasteiger partial charge in [0.1, 0.15) is 0 Å². The van der Waals surface area contributed by atoms with Crippen LogP contribution in [0, 0.1) is 12.8 Å². The molecule has 3 nitrogen and oxygen atoms in total. The lowest BCUT2D eigenvalue weighted by molar-refractivity contribution is -0.103. The van der Waals surface area contributed by atoms with E-state index in [-0.39, 0.29) is 5.60 Å². The van der Waals surface area contributed by atoms with Crippen LogP contribution < -0.4 is 5.32 Å². The van der Waals surface area contributed by atoms with Crippen molar-refractivity contribution in [1.29, 1.82) is 0 Å². The van der Waals surface area contributed by atoms with Gasteiger partial charge in [-0.1, -0.05) is 33.6 Å². The molecule has 0 aromatic heterocycles. The summed E-state index contributed by atoms with van der Waals surface area (Å²) < 4.78 is 12.9. The first-order valence-electron chi connectivity index (χ1n) is 7.79. The Morgan fingerprint density at radius 2 is 2.24 bits per heavy atom. The molecule has 3 atom stereocenters. The summed E-state index contributed by atoms with van der Waals surface area (Å²) in [7, 11) is 2.06. The number of ether oxygens (including phenoxy) is 2. The highest BCUT2D eigenvalue weighted by molar-refractivity contribution is 9.10. The average Bonchev–Trinajstić information content (AvgIpc) is 2.91. The SMILES string of the molecule is CNC(c1cc(C)ccc1Br)C1CCOC2(CCOC2)C1. The van der Waals surface area contributed by atoms with E-state index in [1.54, 1.807) is 0 Å². The first-order valence-corrected chi connectivity index (χ1v) is 8.58. The summed E-state index contributed by atoms with van der Waals surface area (Å²) in [5.74, 6) is 0.587. The van der Waals surface area contributed by atoms with Gasteiger partial charge in [0.25, 0.3) is 0 Å². The summed E-state index contributed by atoms with van der Waals surface area (Å²) in [6.45, 7) is 4.59. The first kappa shape index (κ1) is 15.5. The van der Waals surface area contributed by atoms with Gasteiger partial charge in [0.05, 0.1) is 12.2 Å². The quantitative estimate of drug-likeness (QED) is 0.900. The molecule has 2 fully saturated rings. The largest absolute Gasteiger partial charge is 0.378 e. The molecular weight excluding hydrogens is 330 g/mol. The van der Waals surface area contributed by atoms with E-state index in [1.807, 2.05) is 0 Å². The minimum Gasteiger partial charge on any atom is -0.378 e. The van der Waals surface area contributed by atoms with Gasteiger partial charge < -0.3 is 14.8 Å². The second-order valence-corrected chi connectivity index (χ2v) is 7.23. The van der Waals surface area contributed by atoms with E-state index >= 15 is 0 Å². The third kappa shape index (κ3) is 3.19. The predicted octanol–water partition coefficient (Wildman–Crippen LogP) is 3.60. The second kappa shape index (κ2) is 6.37. The van der Waals surface area contributed by atoms with Crippen LogP contribution in [0.2, 0.25) is 0 Å². The third-order valence-corrected chi connectivity index (χ3v) is 5.59. The zero-order valence-electron chi connectivity index (χ0n) is 12.8. The smallest absolute Gasteiger partial charge is 0.0940 e. The number of benzene rings is 1. The standard InChI is InChI=1S/C17H24BrNO2/c1-12-3-4-15(18)14(9-12)16(19-2)13-5-7-21-17(10-13)6-8-20-11-17/h3-4,9,13,16,19H,5-8,10-11H2,1-2H3. The number of aryl methyl sites for hydroxylation is 1. The molecule has 0 amide bonds. The summed E-state index contributed by atoms with van der Waals surface area (Å²) in [6, 6.07) is 6.96. The van der Waals surface area contributed by atoms with Gasteiger partial charge in [-0.15, -0.1) is 0 Å². The van der Waals surface area contributed by atoms with Crippen molar-refractivity contribution in [3.8, 4) is 0 Å². The van der Waals surface area contributed by atoms with Gasteiger partial charge in [0.15, 0.2) is 0 Å². The zero-order chi connectivity index (χ0) is 14.9. The average molecular weight is 354 g/mol. The van der Waals surface area contributed by atoms with Crippen LogP contribution in [0.3, 0.4) is 0 Å². The van der Waals surface area contributed by atoms with Gasteiger partial charge in [0, 0.05) is 30.1 Å². The molecule has 3 unspecified atom stereocenters. The molecular formula is C17H24BrNO2. The highest BCUT2D eigenvalue weighted by atomic mass is 79.9. The van der Waals surface area contributed by atoms with E-state index < -0.39 is 0 Å². The van der Waals surface area contributed by atoms with Crippen LogP contribution in [-0.2, 0) is 9.47 Å². The Kier molecular flexibility index (Phi) is 4.69. The Hall–Kier alpha value is -0.420. The Labute approximate surface area is 135 Å². The van der Waals surface area contributed by atoms with Crippen LogP contribution in [0.4, 0.5) is 0 Å². The van der Waals surface area contributed by atoms with Crippen LogP contribution in [0.15, 0.2) is 22.7 Å². The van der Waals surface area contributed by atoms with Gasteiger partial charge in [-0.3, -0.25) is 0 Å². The summed E-state index contributed by atoms with van der Waals surface area (Å²) in [6.07, 6.45) is 3.22. The molecule has 0 aliphatic carbocycles. The van der Waals surface area contributed by atoms with Gasteiger partial charge in [-0.2, -0.15) is 0 Å². The van der Waals surface area contributed by atoms with Crippen molar-refractivity contribution in [2.45, 2.75) is 37.8 Å². The Morgan fingerprint density at radius 1 is 1.38 bits per heavy atom. The summed E-state index contributed by atoms with van der Waals surface area (Å²) in [4.78, 5) is 0. The molecule has 116 valence electrons. The van der Waals surface area contributed by atoms with E-state index in [2.05, 4.69) is 53.4 Å². The van der Waals surface area contributed by atoms with Crippen LogP contribution >= 0.6 is 15.9 Å². The van der Waals surface area contributed by atoms with E-state index in [1.165, 1.54) is 15.6 Å². The molecule has 2 saturated heterocycles. The minimum atomic E-state index is -0.0334.